The summed E-state index contributed by atoms with van der Waals surface area (Å²) in [6.45, 7) is 0.742. The molecular weight excluding hydrogens is 299 g/mol. The second-order valence-corrected chi connectivity index (χ2v) is 4.62. The van der Waals surface area contributed by atoms with Crippen molar-refractivity contribution in [1.82, 2.24) is 4.90 Å². The number of nitrogens with zero attached hydrogens (tertiary/aromatic N) is 2. The smallest absolute Gasteiger partial charge is 0.406 e. The van der Waals surface area contributed by atoms with Gasteiger partial charge in [0.25, 0.3) is 0 Å². The molecule has 0 heterocycles. The fourth-order valence-corrected chi connectivity index (χ4v) is 1.69. The molecule has 1 aromatic rings. The van der Waals surface area contributed by atoms with E-state index in [0.717, 1.165) is 12.1 Å². The number of nitriles is 1. The van der Waals surface area contributed by atoms with Crippen molar-refractivity contribution < 1.29 is 22.7 Å². The number of anilines is 1. The zero-order valence-corrected chi connectivity index (χ0v) is 12.0. The van der Waals surface area contributed by atoms with Crippen LogP contribution in [0.2, 0.25) is 0 Å². The van der Waals surface area contributed by atoms with Crippen molar-refractivity contribution in [2.45, 2.75) is 19.2 Å². The van der Waals surface area contributed by atoms with E-state index in [1.807, 2.05) is 6.07 Å². The van der Waals surface area contributed by atoms with Crippen LogP contribution in [0.25, 0.3) is 0 Å². The molecule has 0 aromatic heterocycles. The Morgan fingerprint density at radius 1 is 1.36 bits per heavy atom. The summed E-state index contributed by atoms with van der Waals surface area (Å²) in [7, 11) is 1.75. The number of nitrogens with one attached hydrogen (secondary N) is 1. The van der Waals surface area contributed by atoms with Crippen molar-refractivity contribution >= 4 is 11.6 Å². The molecule has 0 aliphatic rings. The summed E-state index contributed by atoms with van der Waals surface area (Å²) in [5, 5.41) is 11.0. The van der Waals surface area contributed by atoms with Crippen LogP contribution < -0.4 is 10.1 Å². The van der Waals surface area contributed by atoms with Crippen LogP contribution in [0.3, 0.4) is 0 Å². The van der Waals surface area contributed by atoms with Crippen molar-refractivity contribution in [1.29, 1.82) is 5.26 Å². The summed E-state index contributed by atoms with van der Waals surface area (Å²) in [6, 6.07) is 6.92. The van der Waals surface area contributed by atoms with Crippen LogP contribution in [0.4, 0.5) is 18.9 Å². The van der Waals surface area contributed by atoms with Crippen molar-refractivity contribution in [2.75, 3.05) is 25.5 Å². The first-order valence-corrected chi connectivity index (χ1v) is 6.51. The minimum atomic E-state index is -4.74. The van der Waals surface area contributed by atoms with E-state index in [-0.39, 0.29) is 18.2 Å². The number of amides is 1. The number of rotatable bonds is 7. The molecule has 0 aliphatic heterocycles. The number of alkyl halides is 3. The average Bonchev–Trinajstić information content (AvgIpc) is 2.39. The van der Waals surface area contributed by atoms with E-state index in [2.05, 4.69) is 10.1 Å². The van der Waals surface area contributed by atoms with Crippen LogP contribution in [-0.2, 0) is 4.79 Å². The minimum absolute atomic E-state index is 0.131. The van der Waals surface area contributed by atoms with E-state index >= 15 is 0 Å². The Balaban J connectivity index is 2.43. The molecule has 0 spiro atoms. The van der Waals surface area contributed by atoms with Crippen LogP contribution in [-0.4, -0.2) is 37.3 Å². The lowest BCUT2D eigenvalue weighted by Gasteiger charge is -2.15. The van der Waals surface area contributed by atoms with Gasteiger partial charge in [-0.2, -0.15) is 5.26 Å². The van der Waals surface area contributed by atoms with Crippen molar-refractivity contribution in [3.63, 3.8) is 0 Å². The first-order valence-electron chi connectivity index (χ1n) is 6.51. The molecule has 1 aromatic carbocycles. The molecule has 8 heteroatoms. The molecule has 120 valence electrons. The Labute approximate surface area is 126 Å². The van der Waals surface area contributed by atoms with Crippen LogP contribution in [0.5, 0.6) is 5.75 Å². The predicted octanol–water partition coefficient (Wildman–Crippen LogP) is 2.76. The topological polar surface area (TPSA) is 65.4 Å². The van der Waals surface area contributed by atoms with Crippen molar-refractivity contribution in [3.8, 4) is 11.8 Å². The van der Waals surface area contributed by atoms with Gasteiger partial charge in [-0.15, -0.1) is 13.2 Å². The first-order chi connectivity index (χ1) is 10.3. The average molecular weight is 315 g/mol. The Hall–Kier alpha value is -2.27. The van der Waals surface area contributed by atoms with Crippen LogP contribution in [0.1, 0.15) is 12.8 Å². The molecule has 1 rings (SSSR count). The van der Waals surface area contributed by atoms with Gasteiger partial charge in [-0.05, 0) is 44.3 Å². The van der Waals surface area contributed by atoms with E-state index in [1.165, 1.54) is 12.1 Å². The molecular formula is C14H16F3N3O2. The zero-order valence-electron chi connectivity index (χ0n) is 12.0. The van der Waals surface area contributed by atoms with Crippen LogP contribution >= 0.6 is 0 Å². The van der Waals surface area contributed by atoms with Crippen LogP contribution in [0, 0.1) is 11.3 Å². The van der Waals surface area contributed by atoms with Crippen molar-refractivity contribution in [2.24, 2.45) is 0 Å². The van der Waals surface area contributed by atoms with Gasteiger partial charge in [0, 0.05) is 12.1 Å². The van der Waals surface area contributed by atoms with E-state index in [9.17, 15) is 18.0 Å². The second-order valence-electron chi connectivity index (χ2n) is 4.62. The number of benzene rings is 1. The monoisotopic (exact) mass is 315 g/mol. The summed E-state index contributed by atoms with van der Waals surface area (Å²) in [5.74, 6) is -0.636. The first kappa shape index (κ1) is 17.8. The summed E-state index contributed by atoms with van der Waals surface area (Å²) in [5.41, 5.74) is 0.380. The standard InChI is InChI=1S/C14H16F3N3O2/c1-20(9-3-2-8-18)10-13(21)19-11-4-6-12(7-5-11)22-14(15,16)17/h4-7H,2-3,9-10H2,1H3,(H,19,21). The quantitative estimate of drug-likeness (QED) is 0.786. The maximum atomic E-state index is 12.0. The highest BCUT2D eigenvalue weighted by Crippen LogP contribution is 2.23. The maximum Gasteiger partial charge on any atom is 0.573 e. The molecule has 1 amide bonds. The summed E-state index contributed by atoms with van der Waals surface area (Å²) in [6.07, 6.45) is -3.65. The highest BCUT2D eigenvalue weighted by atomic mass is 19.4. The molecule has 0 radical (unpaired) electrons. The molecule has 0 bridgehead atoms. The summed E-state index contributed by atoms with van der Waals surface area (Å²) in [4.78, 5) is 13.5. The predicted molar refractivity (Wildman–Crippen MR) is 74.1 cm³/mol. The van der Waals surface area contributed by atoms with Crippen molar-refractivity contribution in [3.05, 3.63) is 24.3 Å². The largest absolute Gasteiger partial charge is 0.573 e. The van der Waals surface area contributed by atoms with Gasteiger partial charge in [0.1, 0.15) is 5.75 Å². The van der Waals surface area contributed by atoms with Crippen LogP contribution in [0.15, 0.2) is 24.3 Å². The van der Waals surface area contributed by atoms with Gasteiger partial charge in [0.2, 0.25) is 5.91 Å². The highest BCUT2D eigenvalue weighted by Gasteiger charge is 2.30. The molecule has 22 heavy (non-hydrogen) atoms. The third-order valence-corrected chi connectivity index (χ3v) is 2.61. The van der Waals surface area contributed by atoms with E-state index in [0.29, 0.717) is 25.1 Å². The molecule has 0 saturated carbocycles. The van der Waals surface area contributed by atoms with Gasteiger partial charge in [-0.3, -0.25) is 9.69 Å². The number of likely N-dealkylation sites (N-methyl/N-ethyl adjacent to an activating group) is 1. The third kappa shape index (κ3) is 7.50. The number of hydrogen-bond donors (Lipinski definition) is 1. The SMILES string of the molecule is CN(CCCC#N)CC(=O)Nc1ccc(OC(F)(F)F)cc1. The Morgan fingerprint density at radius 2 is 2.00 bits per heavy atom. The Morgan fingerprint density at radius 3 is 2.55 bits per heavy atom. The van der Waals surface area contributed by atoms with Gasteiger partial charge < -0.3 is 10.1 Å². The molecule has 5 nitrogen and oxygen atoms in total. The lowest BCUT2D eigenvalue weighted by atomic mass is 10.3. The summed E-state index contributed by atoms with van der Waals surface area (Å²) >= 11 is 0. The van der Waals surface area contributed by atoms with E-state index in [1.54, 1.807) is 11.9 Å². The summed E-state index contributed by atoms with van der Waals surface area (Å²) < 4.78 is 39.7. The van der Waals surface area contributed by atoms with Gasteiger partial charge >= 0.3 is 6.36 Å². The number of ether oxygens (including phenoxy) is 1. The third-order valence-electron chi connectivity index (χ3n) is 2.61. The fraction of sp³-hybridized carbons (Fsp3) is 0.429. The van der Waals surface area contributed by atoms with Gasteiger partial charge in [0.05, 0.1) is 12.6 Å². The minimum Gasteiger partial charge on any atom is -0.406 e. The lowest BCUT2D eigenvalue weighted by molar-refractivity contribution is -0.274. The molecule has 0 aliphatic carbocycles. The number of carbonyl (C=O) groups is 1. The zero-order chi connectivity index (χ0) is 16.6. The Bertz CT molecular complexity index is 524. The van der Waals surface area contributed by atoms with Gasteiger partial charge in [-0.25, -0.2) is 0 Å². The second kappa shape index (κ2) is 8.24. The number of unbranched alkanes of at least 4 members (excludes halogenated alkanes) is 1. The van der Waals surface area contributed by atoms with Gasteiger partial charge in [0.15, 0.2) is 0 Å². The van der Waals surface area contributed by atoms with E-state index < -0.39 is 6.36 Å². The number of carbonyl (C=O) groups excluding carboxylic acids is 1. The van der Waals surface area contributed by atoms with E-state index in [4.69, 9.17) is 5.26 Å². The van der Waals surface area contributed by atoms with Gasteiger partial charge in [-0.1, -0.05) is 0 Å². The maximum absolute atomic E-state index is 12.0. The lowest BCUT2D eigenvalue weighted by Crippen LogP contribution is -2.30. The molecule has 1 N–H and O–H groups in total. The normalized spacial score (nSPS) is 11.1. The molecule has 0 atom stereocenters. The molecule has 0 saturated heterocycles. The highest BCUT2D eigenvalue weighted by molar-refractivity contribution is 5.92. The number of halogens is 3. The molecule has 0 fully saturated rings. The molecule has 0 unspecified atom stereocenters. The number of hydrogen-bond acceptors (Lipinski definition) is 4. The Kier molecular flexibility index (Phi) is 6.66. The fourth-order valence-electron chi connectivity index (χ4n) is 1.69.